The summed E-state index contributed by atoms with van der Waals surface area (Å²) < 4.78 is 4.86. The van der Waals surface area contributed by atoms with Crippen molar-refractivity contribution in [3.63, 3.8) is 0 Å². The molecule has 0 heterocycles. The lowest BCUT2D eigenvalue weighted by molar-refractivity contribution is 0.0525. The Kier molecular flexibility index (Phi) is 5.21. The zero-order valence-corrected chi connectivity index (χ0v) is 12.0. The van der Waals surface area contributed by atoms with E-state index in [0.717, 1.165) is 0 Å². The van der Waals surface area contributed by atoms with Crippen LogP contribution in [-0.2, 0) is 4.74 Å². The summed E-state index contributed by atoms with van der Waals surface area (Å²) in [5, 5.41) is 0. The van der Waals surface area contributed by atoms with Crippen molar-refractivity contribution in [1.29, 1.82) is 0 Å². The Morgan fingerprint density at radius 1 is 1.47 bits per heavy atom. The van der Waals surface area contributed by atoms with Crippen molar-refractivity contribution >= 4 is 40.3 Å². The van der Waals surface area contributed by atoms with Gasteiger partial charge in [-0.25, -0.2) is 4.79 Å². The SMILES string of the molecule is CCOC(=O)c1ccc(C(=O)C(C)Br)c(S)c1. The van der Waals surface area contributed by atoms with E-state index in [-0.39, 0.29) is 10.6 Å². The number of hydrogen-bond donors (Lipinski definition) is 1. The molecule has 0 fully saturated rings. The molecule has 0 aromatic heterocycles. The van der Waals surface area contributed by atoms with E-state index in [1.807, 2.05) is 0 Å². The molecule has 0 bridgehead atoms. The molecule has 0 spiro atoms. The zero-order valence-electron chi connectivity index (χ0n) is 9.57. The summed E-state index contributed by atoms with van der Waals surface area (Å²) in [4.78, 5) is 23.4. The molecule has 3 nitrogen and oxygen atoms in total. The number of thiol groups is 1. The molecule has 1 aromatic carbocycles. The molecule has 0 saturated heterocycles. The quantitative estimate of drug-likeness (QED) is 0.402. The average molecular weight is 317 g/mol. The normalized spacial score (nSPS) is 12.0. The lowest BCUT2D eigenvalue weighted by atomic mass is 10.1. The van der Waals surface area contributed by atoms with Gasteiger partial charge in [-0.15, -0.1) is 12.6 Å². The van der Waals surface area contributed by atoms with Gasteiger partial charge in [0.05, 0.1) is 17.0 Å². The number of alkyl halides is 1. The number of hydrogen-bond acceptors (Lipinski definition) is 4. The van der Waals surface area contributed by atoms with Crippen molar-refractivity contribution in [3.05, 3.63) is 29.3 Å². The van der Waals surface area contributed by atoms with Gasteiger partial charge >= 0.3 is 5.97 Å². The number of rotatable bonds is 4. The van der Waals surface area contributed by atoms with Gasteiger partial charge in [-0.05, 0) is 32.0 Å². The summed E-state index contributed by atoms with van der Waals surface area (Å²) in [5.74, 6) is -0.473. The summed E-state index contributed by atoms with van der Waals surface area (Å²) in [6, 6.07) is 4.71. The van der Waals surface area contributed by atoms with Crippen LogP contribution in [0.2, 0.25) is 0 Å². The molecule has 5 heteroatoms. The minimum absolute atomic E-state index is 0.0644. The predicted molar refractivity (Wildman–Crippen MR) is 72.4 cm³/mol. The van der Waals surface area contributed by atoms with Crippen LogP contribution in [0.4, 0.5) is 0 Å². The van der Waals surface area contributed by atoms with E-state index in [4.69, 9.17) is 4.74 Å². The van der Waals surface area contributed by atoms with E-state index in [1.165, 1.54) is 0 Å². The molecule has 0 N–H and O–H groups in total. The molecule has 0 radical (unpaired) electrons. The Labute approximate surface area is 114 Å². The first-order valence-corrected chi connectivity index (χ1v) is 6.52. The second kappa shape index (κ2) is 6.21. The van der Waals surface area contributed by atoms with Crippen molar-refractivity contribution in [2.24, 2.45) is 0 Å². The van der Waals surface area contributed by atoms with Crippen LogP contribution in [0.3, 0.4) is 0 Å². The third kappa shape index (κ3) is 3.57. The smallest absolute Gasteiger partial charge is 0.338 e. The van der Waals surface area contributed by atoms with Gasteiger partial charge in [0.1, 0.15) is 0 Å². The molecular formula is C12H13BrO3S. The van der Waals surface area contributed by atoms with Crippen LogP contribution >= 0.6 is 28.6 Å². The maximum atomic E-state index is 11.8. The highest BCUT2D eigenvalue weighted by Gasteiger charge is 2.16. The van der Waals surface area contributed by atoms with Crippen LogP contribution in [-0.4, -0.2) is 23.2 Å². The third-order valence-electron chi connectivity index (χ3n) is 2.14. The van der Waals surface area contributed by atoms with Crippen LogP contribution in [0.1, 0.15) is 34.6 Å². The monoisotopic (exact) mass is 316 g/mol. The minimum Gasteiger partial charge on any atom is -0.462 e. The summed E-state index contributed by atoms with van der Waals surface area (Å²) in [5.41, 5.74) is 0.890. The highest BCUT2D eigenvalue weighted by molar-refractivity contribution is 9.10. The van der Waals surface area contributed by atoms with Gasteiger partial charge in [0.15, 0.2) is 5.78 Å². The van der Waals surface area contributed by atoms with Gasteiger partial charge < -0.3 is 4.74 Å². The molecule has 17 heavy (non-hydrogen) atoms. The van der Waals surface area contributed by atoms with Crippen molar-refractivity contribution in [3.8, 4) is 0 Å². The number of ketones is 1. The molecule has 0 amide bonds. The topological polar surface area (TPSA) is 43.4 Å². The summed E-state index contributed by atoms with van der Waals surface area (Å²) >= 11 is 7.42. The van der Waals surface area contributed by atoms with Gasteiger partial charge in [0.2, 0.25) is 0 Å². The fraction of sp³-hybridized carbons (Fsp3) is 0.333. The maximum absolute atomic E-state index is 11.8. The molecule has 1 atom stereocenters. The maximum Gasteiger partial charge on any atom is 0.338 e. The van der Waals surface area contributed by atoms with Gasteiger partial charge in [0, 0.05) is 10.5 Å². The lowest BCUT2D eigenvalue weighted by Gasteiger charge is -2.08. The number of ether oxygens (including phenoxy) is 1. The Morgan fingerprint density at radius 3 is 2.59 bits per heavy atom. The van der Waals surface area contributed by atoms with Crippen LogP contribution in [0.25, 0.3) is 0 Å². The van der Waals surface area contributed by atoms with E-state index in [0.29, 0.717) is 22.6 Å². The number of carbonyl (C=O) groups is 2. The first kappa shape index (κ1) is 14.3. The first-order valence-electron chi connectivity index (χ1n) is 5.15. The van der Waals surface area contributed by atoms with Crippen molar-refractivity contribution in [1.82, 2.24) is 0 Å². The summed E-state index contributed by atoms with van der Waals surface area (Å²) in [7, 11) is 0. The highest BCUT2D eigenvalue weighted by atomic mass is 79.9. The number of Topliss-reactive ketones (excluding diaryl/α,β-unsaturated/α-hetero) is 1. The predicted octanol–water partition coefficient (Wildman–Crippen LogP) is 3.12. The largest absolute Gasteiger partial charge is 0.462 e. The Morgan fingerprint density at radius 2 is 2.12 bits per heavy atom. The zero-order chi connectivity index (χ0) is 13.0. The van der Waals surface area contributed by atoms with Crippen LogP contribution in [0.5, 0.6) is 0 Å². The molecular weight excluding hydrogens is 304 g/mol. The van der Waals surface area contributed by atoms with Crippen LogP contribution in [0.15, 0.2) is 23.1 Å². The van der Waals surface area contributed by atoms with Gasteiger partial charge in [-0.1, -0.05) is 15.9 Å². The van der Waals surface area contributed by atoms with Gasteiger partial charge in [-0.2, -0.15) is 0 Å². The van der Waals surface area contributed by atoms with Gasteiger partial charge in [-0.3, -0.25) is 4.79 Å². The van der Waals surface area contributed by atoms with E-state index in [1.54, 1.807) is 32.0 Å². The fourth-order valence-corrected chi connectivity index (χ4v) is 1.87. The number of carbonyl (C=O) groups excluding carboxylic acids is 2. The fourth-order valence-electron chi connectivity index (χ4n) is 1.30. The summed E-state index contributed by atoms with van der Waals surface area (Å²) in [6.07, 6.45) is 0. The van der Waals surface area contributed by atoms with E-state index in [9.17, 15) is 9.59 Å². The van der Waals surface area contributed by atoms with Crippen molar-refractivity contribution < 1.29 is 14.3 Å². The number of halogens is 1. The number of benzene rings is 1. The molecule has 1 rings (SSSR count). The summed E-state index contributed by atoms with van der Waals surface area (Å²) in [6.45, 7) is 3.80. The second-order valence-corrected chi connectivity index (χ2v) is 5.29. The molecule has 92 valence electrons. The van der Waals surface area contributed by atoms with Crippen LogP contribution in [0, 0.1) is 0 Å². The average Bonchev–Trinajstić information content (AvgIpc) is 2.28. The molecule has 0 aliphatic carbocycles. The first-order chi connectivity index (χ1) is 7.97. The van der Waals surface area contributed by atoms with Crippen molar-refractivity contribution in [2.75, 3.05) is 6.61 Å². The molecule has 0 aliphatic heterocycles. The van der Waals surface area contributed by atoms with E-state index < -0.39 is 5.97 Å². The second-order valence-electron chi connectivity index (χ2n) is 3.43. The Balaban J connectivity index is 3.02. The Bertz CT molecular complexity index is 443. The Hall–Kier alpha value is -0.810. The van der Waals surface area contributed by atoms with Crippen LogP contribution < -0.4 is 0 Å². The van der Waals surface area contributed by atoms with Crippen molar-refractivity contribution in [2.45, 2.75) is 23.6 Å². The molecule has 0 aliphatic rings. The van der Waals surface area contributed by atoms with Gasteiger partial charge in [0.25, 0.3) is 0 Å². The molecule has 1 unspecified atom stereocenters. The lowest BCUT2D eigenvalue weighted by Crippen LogP contribution is -2.12. The molecule has 1 aromatic rings. The minimum atomic E-state index is -0.409. The van der Waals surface area contributed by atoms with E-state index >= 15 is 0 Å². The number of esters is 1. The third-order valence-corrected chi connectivity index (χ3v) is 2.92. The van der Waals surface area contributed by atoms with E-state index in [2.05, 4.69) is 28.6 Å². The molecule has 0 saturated carbocycles. The standard InChI is InChI=1S/C12H13BrO3S/c1-3-16-12(15)8-4-5-9(10(17)6-8)11(14)7(2)13/h4-7,17H,3H2,1-2H3. The highest BCUT2D eigenvalue weighted by Crippen LogP contribution is 2.20.